The first kappa shape index (κ1) is 40.3. The van der Waals surface area contributed by atoms with Gasteiger partial charge in [-0.2, -0.15) is 0 Å². The lowest BCUT2D eigenvalue weighted by atomic mass is 9.87. The third-order valence-electron chi connectivity index (χ3n) is 10.4. The van der Waals surface area contributed by atoms with Gasteiger partial charge in [0, 0.05) is 38.0 Å². The SMILES string of the molecule is CC[C@@H](C)C(=O)N[C@@H](CCCCNC(=O)CCc1ccccc1)C(=O)N1C[C@H]2CCCN2C[C@H]1C(=O)N[C@@H]1CCCc2ccccc21.Cl.Cl. The number of halogens is 2. The number of amides is 4. The van der Waals surface area contributed by atoms with Crippen molar-refractivity contribution in [3.05, 3.63) is 71.3 Å². The zero-order chi connectivity index (χ0) is 33.2. The number of aryl methyl sites for hydroxylation is 2. The summed E-state index contributed by atoms with van der Waals surface area (Å²) in [4.78, 5) is 58.0. The summed E-state index contributed by atoms with van der Waals surface area (Å²) in [5.41, 5.74) is 3.58. The van der Waals surface area contributed by atoms with Gasteiger partial charge in [0.05, 0.1) is 6.04 Å². The van der Waals surface area contributed by atoms with Crippen molar-refractivity contribution in [1.82, 2.24) is 25.8 Å². The minimum absolute atomic E-state index is 0. The highest BCUT2D eigenvalue weighted by Crippen LogP contribution is 2.31. The Hall–Kier alpha value is -3.14. The van der Waals surface area contributed by atoms with Crippen LogP contribution in [0.3, 0.4) is 0 Å². The van der Waals surface area contributed by atoms with Gasteiger partial charge in [0.25, 0.3) is 0 Å². The first-order chi connectivity index (χ1) is 22.8. The minimum atomic E-state index is -0.719. The van der Waals surface area contributed by atoms with Gasteiger partial charge in [0.2, 0.25) is 23.6 Å². The Kier molecular flexibility index (Phi) is 16.4. The fourth-order valence-corrected chi connectivity index (χ4v) is 7.31. The molecule has 0 bridgehead atoms. The highest BCUT2D eigenvalue weighted by molar-refractivity contribution is 5.93. The van der Waals surface area contributed by atoms with Crippen molar-refractivity contribution >= 4 is 48.4 Å². The van der Waals surface area contributed by atoms with Crippen molar-refractivity contribution in [1.29, 1.82) is 0 Å². The van der Waals surface area contributed by atoms with Crippen molar-refractivity contribution in [2.45, 2.75) is 109 Å². The third-order valence-corrected chi connectivity index (χ3v) is 10.4. The van der Waals surface area contributed by atoms with Crippen LogP contribution in [0.5, 0.6) is 0 Å². The molecule has 0 unspecified atom stereocenters. The Bertz CT molecular complexity index is 1380. The molecule has 1 aliphatic carbocycles. The minimum Gasteiger partial charge on any atom is -0.356 e. The lowest BCUT2D eigenvalue weighted by molar-refractivity contribution is -0.148. The normalized spacial score (nSPS) is 21.1. The number of rotatable bonds is 14. The Morgan fingerprint density at radius 2 is 1.67 bits per heavy atom. The molecule has 0 aromatic heterocycles. The molecule has 0 saturated carbocycles. The fraction of sp³-hybridized carbons (Fsp3) is 0.579. The molecule has 2 heterocycles. The molecule has 5 rings (SSSR count). The summed E-state index contributed by atoms with van der Waals surface area (Å²) in [5, 5.41) is 9.37. The van der Waals surface area contributed by atoms with Gasteiger partial charge in [0.15, 0.2) is 0 Å². The molecule has 3 aliphatic rings. The number of piperazine rings is 1. The predicted octanol–water partition coefficient (Wildman–Crippen LogP) is 5.15. The van der Waals surface area contributed by atoms with Crippen LogP contribution in [-0.4, -0.2) is 77.7 Å². The monoisotopic (exact) mass is 715 g/mol. The van der Waals surface area contributed by atoms with Crippen LogP contribution in [0.25, 0.3) is 0 Å². The second kappa shape index (κ2) is 19.9. The highest BCUT2D eigenvalue weighted by atomic mass is 35.5. The Labute approximate surface area is 304 Å². The van der Waals surface area contributed by atoms with Gasteiger partial charge >= 0.3 is 0 Å². The average molecular weight is 717 g/mol. The molecule has 0 spiro atoms. The van der Waals surface area contributed by atoms with Crippen molar-refractivity contribution in [2.24, 2.45) is 5.92 Å². The van der Waals surface area contributed by atoms with Crippen LogP contribution in [0.4, 0.5) is 0 Å². The van der Waals surface area contributed by atoms with E-state index >= 15 is 0 Å². The number of fused-ring (bicyclic) bond motifs is 2. The van der Waals surface area contributed by atoms with E-state index in [1.165, 1.54) is 11.1 Å². The highest BCUT2D eigenvalue weighted by Gasteiger charge is 2.44. The maximum Gasteiger partial charge on any atom is 0.245 e. The van der Waals surface area contributed by atoms with Crippen LogP contribution >= 0.6 is 24.8 Å². The lowest BCUT2D eigenvalue weighted by Crippen LogP contribution is -2.65. The molecule has 5 atom stereocenters. The summed E-state index contributed by atoms with van der Waals surface area (Å²) < 4.78 is 0. The molecule has 2 aromatic carbocycles. The van der Waals surface area contributed by atoms with Crippen LogP contribution in [0.15, 0.2) is 54.6 Å². The molecule has 2 fully saturated rings. The summed E-state index contributed by atoms with van der Waals surface area (Å²) in [6.07, 6.45) is 8.58. The van der Waals surface area contributed by atoms with E-state index in [1.54, 1.807) is 4.90 Å². The van der Waals surface area contributed by atoms with E-state index in [1.807, 2.05) is 56.3 Å². The maximum absolute atomic E-state index is 14.4. The Morgan fingerprint density at radius 1 is 0.918 bits per heavy atom. The number of unbranched alkanes of at least 4 members (excludes halogenated alkanes) is 1. The quantitative estimate of drug-likeness (QED) is 0.235. The van der Waals surface area contributed by atoms with Crippen molar-refractivity contribution < 1.29 is 19.2 Å². The molecular formula is C38H55Cl2N5O4. The van der Waals surface area contributed by atoms with Gasteiger partial charge in [0.1, 0.15) is 12.1 Å². The second-order valence-corrected chi connectivity index (χ2v) is 13.7. The molecule has 2 aromatic rings. The fourth-order valence-electron chi connectivity index (χ4n) is 7.31. The van der Waals surface area contributed by atoms with Gasteiger partial charge in [-0.3, -0.25) is 24.1 Å². The lowest BCUT2D eigenvalue weighted by Gasteiger charge is -2.44. The number of nitrogens with zero attached hydrogens (tertiary/aromatic N) is 2. The van der Waals surface area contributed by atoms with E-state index in [4.69, 9.17) is 0 Å². The van der Waals surface area contributed by atoms with Crippen molar-refractivity contribution in [2.75, 3.05) is 26.2 Å². The molecule has 49 heavy (non-hydrogen) atoms. The zero-order valence-corrected chi connectivity index (χ0v) is 30.7. The van der Waals surface area contributed by atoms with E-state index < -0.39 is 12.1 Å². The summed E-state index contributed by atoms with van der Waals surface area (Å²) in [6.45, 7) is 6.29. The van der Waals surface area contributed by atoms with Crippen LogP contribution < -0.4 is 16.0 Å². The molecule has 3 N–H and O–H groups in total. The first-order valence-electron chi connectivity index (χ1n) is 17.9. The number of benzene rings is 2. The summed E-state index contributed by atoms with van der Waals surface area (Å²) >= 11 is 0. The summed E-state index contributed by atoms with van der Waals surface area (Å²) in [7, 11) is 0. The second-order valence-electron chi connectivity index (χ2n) is 13.7. The predicted molar refractivity (Wildman–Crippen MR) is 198 cm³/mol. The molecule has 9 nitrogen and oxygen atoms in total. The molecule has 2 aliphatic heterocycles. The number of hydrogen-bond donors (Lipinski definition) is 3. The Balaban J connectivity index is 0.00000325. The first-order valence-corrected chi connectivity index (χ1v) is 17.9. The third kappa shape index (κ3) is 10.9. The molecule has 0 radical (unpaired) electrons. The van der Waals surface area contributed by atoms with Crippen LogP contribution in [-0.2, 0) is 32.0 Å². The van der Waals surface area contributed by atoms with E-state index in [0.717, 1.165) is 44.2 Å². The summed E-state index contributed by atoms with van der Waals surface area (Å²) in [5.74, 6) is -0.638. The number of carbonyl (C=O) groups excluding carboxylic acids is 4. The van der Waals surface area contributed by atoms with E-state index in [9.17, 15) is 19.2 Å². The van der Waals surface area contributed by atoms with Crippen LogP contribution in [0.2, 0.25) is 0 Å². The largest absolute Gasteiger partial charge is 0.356 e. The smallest absolute Gasteiger partial charge is 0.245 e. The van der Waals surface area contributed by atoms with Crippen LogP contribution in [0, 0.1) is 5.92 Å². The van der Waals surface area contributed by atoms with Gasteiger partial charge in [-0.25, -0.2) is 0 Å². The van der Waals surface area contributed by atoms with Gasteiger partial charge in [-0.1, -0.05) is 68.4 Å². The summed E-state index contributed by atoms with van der Waals surface area (Å²) in [6, 6.07) is 17.1. The van der Waals surface area contributed by atoms with E-state index in [2.05, 4.69) is 33.0 Å². The van der Waals surface area contributed by atoms with E-state index in [-0.39, 0.29) is 66.4 Å². The van der Waals surface area contributed by atoms with Crippen molar-refractivity contribution in [3.63, 3.8) is 0 Å². The maximum atomic E-state index is 14.4. The molecular weight excluding hydrogens is 661 g/mol. The molecule has 4 amide bonds. The molecule has 11 heteroatoms. The number of hydrogen-bond acceptors (Lipinski definition) is 5. The number of nitrogens with one attached hydrogen (secondary N) is 3. The Morgan fingerprint density at radius 3 is 2.45 bits per heavy atom. The van der Waals surface area contributed by atoms with Crippen LogP contribution in [0.1, 0.15) is 94.4 Å². The molecule has 270 valence electrons. The van der Waals surface area contributed by atoms with Gasteiger partial charge in [-0.15, -0.1) is 24.8 Å². The van der Waals surface area contributed by atoms with E-state index in [0.29, 0.717) is 58.2 Å². The zero-order valence-electron chi connectivity index (χ0n) is 29.0. The average Bonchev–Trinajstić information content (AvgIpc) is 3.57. The standard InChI is InChI=1S/C38H53N5O4.2ClH/c1-3-27(2)36(45)41-33(19-9-10-23-39-35(44)22-21-28-13-5-4-6-14-28)38(47)43-25-30-17-12-24-42(30)26-34(43)37(46)40-32-20-11-16-29-15-7-8-18-31(29)32;;/h4-8,13-15,18,27,30,32-34H,3,9-12,16-17,19-26H2,1-2H3,(H,39,44)(H,40,46)(H,41,45);2*1H/t27-,30-,32-,33+,34+;;/m1../s1. The topological polar surface area (TPSA) is 111 Å². The van der Waals surface area contributed by atoms with Gasteiger partial charge < -0.3 is 20.9 Å². The number of carbonyl (C=O) groups is 4. The van der Waals surface area contributed by atoms with Gasteiger partial charge in [-0.05, 0) is 87.4 Å². The molecule has 2 saturated heterocycles. The van der Waals surface area contributed by atoms with Crippen molar-refractivity contribution in [3.8, 4) is 0 Å².